The topological polar surface area (TPSA) is 69.6 Å². The van der Waals surface area contributed by atoms with Gasteiger partial charge in [0, 0.05) is 18.6 Å². The van der Waals surface area contributed by atoms with Crippen molar-refractivity contribution in [2.45, 2.75) is 50.6 Å². The van der Waals surface area contributed by atoms with Crippen LogP contribution in [0.25, 0.3) is 0 Å². The average molecular weight is 278 g/mol. The van der Waals surface area contributed by atoms with Crippen LogP contribution < -0.4 is 5.32 Å². The van der Waals surface area contributed by atoms with E-state index in [1.54, 1.807) is 4.90 Å². The molecule has 4 saturated carbocycles. The van der Waals surface area contributed by atoms with E-state index in [4.69, 9.17) is 5.11 Å². The summed E-state index contributed by atoms with van der Waals surface area (Å²) in [5.74, 6) is 2.34. The summed E-state index contributed by atoms with van der Waals surface area (Å²) >= 11 is 0. The SMILES string of the molecule is O=C(O)CCN(C(=O)NC1C2C3CCC(C3)C12)C1CC1. The Morgan fingerprint density at radius 2 is 1.75 bits per heavy atom. The van der Waals surface area contributed by atoms with Crippen LogP contribution in [0.4, 0.5) is 4.79 Å². The molecule has 0 aromatic heterocycles. The highest BCUT2D eigenvalue weighted by atomic mass is 16.4. The summed E-state index contributed by atoms with van der Waals surface area (Å²) in [4.78, 5) is 24.8. The Bertz CT molecular complexity index is 432. The normalized spacial score (nSPS) is 40.3. The van der Waals surface area contributed by atoms with Gasteiger partial charge in [0.1, 0.15) is 0 Å². The number of nitrogens with zero attached hydrogens (tertiary/aromatic N) is 1. The lowest BCUT2D eigenvalue weighted by atomic mass is 10.0. The van der Waals surface area contributed by atoms with Gasteiger partial charge < -0.3 is 15.3 Å². The van der Waals surface area contributed by atoms with E-state index in [2.05, 4.69) is 5.32 Å². The lowest BCUT2D eigenvalue weighted by molar-refractivity contribution is -0.137. The van der Waals surface area contributed by atoms with Crippen LogP contribution >= 0.6 is 0 Å². The van der Waals surface area contributed by atoms with Crippen LogP contribution in [0, 0.1) is 23.7 Å². The molecular formula is C15H22N2O3. The van der Waals surface area contributed by atoms with Crippen LogP contribution in [0.5, 0.6) is 0 Å². The van der Waals surface area contributed by atoms with E-state index in [9.17, 15) is 9.59 Å². The van der Waals surface area contributed by atoms with Crippen molar-refractivity contribution in [3.8, 4) is 0 Å². The van der Waals surface area contributed by atoms with Gasteiger partial charge in [-0.1, -0.05) is 0 Å². The number of carbonyl (C=O) groups excluding carboxylic acids is 1. The van der Waals surface area contributed by atoms with E-state index in [0.717, 1.165) is 36.5 Å². The largest absolute Gasteiger partial charge is 0.481 e. The fourth-order valence-corrected chi connectivity index (χ4v) is 4.80. The molecule has 4 unspecified atom stereocenters. The Hall–Kier alpha value is -1.26. The molecule has 2 N–H and O–H groups in total. The molecule has 4 aliphatic rings. The number of hydrogen-bond acceptors (Lipinski definition) is 2. The fourth-order valence-electron chi connectivity index (χ4n) is 4.80. The molecule has 4 aliphatic carbocycles. The predicted molar refractivity (Wildman–Crippen MR) is 72.1 cm³/mol. The smallest absolute Gasteiger partial charge is 0.317 e. The van der Waals surface area contributed by atoms with Crippen LogP contribution in [0.2, 0.25) is 0 Å². The maximum absolute atomic E-state index is 12.4. The third-order valence-electron chi connectivity index (χ3n) is 5.84. The molecule has 2 bridgehead atoms. The molecule has 0 aliphatic heterocycles. The van der Waals surface area contributed by atoms with Crippen LogP contribution in [0.15, 0.2) is 0 Å². The number of carboxylic acid groups (broad SMARTS) is 1. The van der Waals surface area contributed by atoms with Crippen molar-refractivity contribution in [2.24, 2.45) is 23.7 Å². The van der Waals surface area contributed by atoms with Gasteiger partial charge in [0.2, 0.25) is 0 Å². The van der Waals surface area contributed by atoms with E-state index in [1.165, 1.54) is 19.3 Å². The first-order valence-corrected chi connectivity index (χ1v) is 7.94. The van der Waals surface area contributed by atoms with Gasteiger partial charge in [0.15, 0.2) is 0 Å². The zero-order valence-corrected chi connectivity index (χ0v) is 11.6. The molecule has 20 heavy (non-hydrogen) atoms. The van der Waals surface area contributed by atoms with E-state index >= 15 is 0 Å². The molecule has 5 heteroatoms. The highest BCUT2D eigenvalue weighted by molar-refractivity contribution is 5.77. The molecule has 0 aromatic rings. The monoisotopic (exact) mass is 278 g/mol. The van der Waals surface area contributed by atoms with Gasteiger partial charge in [-0.3, -0.25) is 4.79 Å². The Morgan fingerprint density at radius 3 is 2.30 bits per heavy atom. The van der Waals surface area contributed by atoms with Gasteiger partial charge in [-0.15, -0.1) is 0 Å². The lowest BCUT2D eigenvalue weighted by Gasteiger charge is -2.23. The molecule has 0 heterocycles. The highest BCUT2D eigenvalue weighted by Crippen LogP contribution is 2.65. The standard InChI is InChI=1S/C15H22N2O3/c18-11(19)5-6-17(10-3-4-10)15(20)16-14-12-8-1-2-9(7-8)13(12)14/h8-10,12-14H,1-7H2,(H,16,20)(H,18,19). The van der Waals surface area contributed by atoms with Crippen molar-refractivity contribution in [3.05, 3.63) is 0 Å². The Morgan fingerprint density at radius 1 is 1.10 bits per heavy atom. The van der Waals surface area contributed by atoms with Gasteiger partial charge in [-0.05, 0) is 55.8 Å². The zero-order valence-electron chi connectivity index (χ0n) is 11.6. The second kappa shape index (κ2) is 4.37. The maximum Gasteiger partial charge on any atom is 0.317 e. The Labute approximate surface area is 118 Å². The lowest BCUT2D eigenvalue weighted by Crippen LogP contribution is -2.44. The van der Waals surface area contributed by atoms with Crippen molar-refractivity contribution in [1.29, 1.82) is 0 Å². The second-order valence-electron chi connectivity index (χ2n) is 7.03. The van der Waals surface area contributed by atoms with Gasteiger partial charge in [0.05, 0.1) is 6.42 Å². The predicted octanol–water partition coefficient (Wildman–Crippen LogP) is 1.68. The van der Waals surface area contributed by atoms with Gasteiger partial charge in [0.25, 0.3) is 0 Å². The van der Waals surface area contributed by atoms with Crippen LogP contribution in [0.3, 0.4) is 0 Å². The minimum atomic E-state index is -0.829. The van der Waals surface area contributed by atoms with Gasteiger partial charge in [-0.2, -0.15) is 0 Å². The Kier molecular flexibility index (Phi) is 2.72. The molecular weight excluding hydrogens is 256 g/mol. The van der Waals surface area contributed by atoms with Crippen molar-refractivity contribution in [1.82, 2.24) is 10.2 Å². The quantitative estimate of drug-likeness (QED) is 0.804. The number of hydrogen-bond donors (Lipinski definition) is 2. The fraction of sp³-hybridized carbons (Fsp3) is 0.867. The average Bonchev–Trinajstić information content (AvgIpc) is 3.29. The van der Waals surface area contributed by atoms with Crippen molar-refractivity contribution in [2.75, 3.05) is 6.54 Å². The number of carboxylic acids is 1. The third kappa shape index (κ3) is 1.98. The van der Waals surface area contributed by atoms with E-state index in [0.29, 0.717) is 12.6 Å². The molecule has 5 nitrogen and oxygen atoms in total. The molecule has 4 atom stereocenters. The highest BCUT2D eigenvalue weighted by Gasteiger charge is 2.65. The number of amides is 2. The van der Waals surface area contributed by atoms with E-state index in [1.807, 2.05) is 0 Å². The van der Waals surface area contributed by atoms with Gasteiger partial charge in [-0.25, -0.2) is 4.79 Å². The first kappa shape index (κ1) is 12.5. The number of carbonyl (C=O) groups is 2. The summed E-state index contributed by atoms with van der Waals surface area (Å²) in [6.07, 6.45) is 6.18. The number of aliphatic carboxylic acids is 1. The summed E-state index contributed by atoms with van der Waals surface area (Å²) in [5, 5.41) is 12.0. The van der Waals surface area contributed by atoms with Crippen molar-refractivity contribution in [3.63, 3.8) is 0 Å². The van der Waals surface area contributed by atoms with Crippen molar-refractivity contribution >= 4 is 12.0 Å². The molecule has 0 spiro atoms. The molecule has 0 aromatic carbocycles. The minimum absolute atomic E-state index is 0.0208. The molecule has 0 saturated heterocycles. The molecule has 4 rings (SSSR count). The zero-order chi connectivity index (χ0) is 13.9. The van der Waals surface area contributed by atoms with E-state index < -0.39 is 5.97 Å². The number of urea groups is 1. The van der Waals surface area contributed by atoms with Crippen LogP contribution in [-0.4, -0.2) is 40.6 Å². The van der Waals surface area contributed by atoms with Gasteiger partial charge >= 0.3 is 12.0 Å². The van der Waals surface area contributed by atoms with Crippen molar-refractivity contribution < 1.29 is 14.7 Å². The number of nitrogens with one attached hydrogen (secondary N) is 1. The maximum atomic E-state index is 12.4. The number of rotatable bonds is 5. The molecule has 0 radical (unpaired) electrons. The third-order valence-corrected chi connectivity index (χ3v) is 5.84. The molecule has 2 amide bonds. The number of fused-ring (bicyclic) bond motifs is 5. The van der Waals surface area contributed by atoms with Crippen LogP contribution in [-0.2, 0) is 4.79 Å². The molecule has 110 valence electrons. The summed E-state index contributed by atoms with van der Waals surface area (Å²) < 4.78 is 0. The van der Waals surface area contributed by atoms with E-state index in [-0.39, 0.29) is 18.5 Å². The molecule has 4 fully saturated rings. The van der Waals surface area contributed by atoms with Crippen LogP contribution in [0.1, 0.15) is 38.5 Å². The first-order valence-electron chi connectivity index (χ1n) is 7.94. The summed E-state index contributed by atoms with van der Waals surface area (Å²) in [6.45, 7) is 0.348. The second-order valence-corrected chi connectivity index (χ2v) is 7.03. The Balaban J connectivity index is 1.34. The first-order chi connectivity index (χ1) is 9.65. The summed E-state index contributed by atoms with van der Waals surface area (Å²) in [5.41, 5.74) is 0. The minimum Gasteiger partial charge on any atom is -0.481 e. The summed E-state index contributed by atoms with van der Waals surface area (Å²) in [7, 11) is 0. The summed E-state index contributed by atoms with van der Waals surface area (Å²) in [6, 6.07) is 0.650.